The molecule has 2 aromatic carbocycles. The molecule has 8 heteroatoms. The molecule has 0 aliphatic heterocycles. The van der Waals surface area contributed by atoms with Crippen LogP contribution in [0.2, 0.25) is 5.02 Å². The smallest absolute Gasteiger partial charge is 0.272 e. The molecule has 0 saturated carbocycles. The molecular weight excluding hydrogens is 414 g/mol. The van der Waals surface area contributed by atoms with Crippen molar-refractivity contribution in [3.8, 4) is 11.4 Å². The van der Waals surface area contributed by atoms with Gasteiger partial charge >= 0.3 is 0 Å². The van der Waals surface area contributed by atoms with Crippen molar-refractivity contribution >= 4 is 17.5 Å². The van der Waals surface area contributed by atoms with Gasteiger partial charge in [0.2, 0.25) is 0 Å². The Morgan fingerprint density at radius 2 is 1.87 bits per heavy atom. The highest BCUT2D eigenvalue weighted by Crippen LogP contribution is 2.18. The van der Waals surface area contributed by atoms with Gasteiger partial charge in [0, 0.05) is 29.0 Å². The number of hydrogen-bond donors (Lipinski definition) is 1. The summed E-state index contributed by atoms with van der Waals surface area (Å²) in [6, 6.07) is 18.7. The van der Waals surface area contributed by atoms with Gasteiger partial charge < -0.3 is 10.1 Å². The summed E-state index contributed by atoms with van der Waals surface area (Å²) in [4.78, 5) is 12.6. The lowest BCUT2D eigenvalue weighted by atomic mass is 10.2. The molecule has 0 saturated heterocycles. The van der Waals surface area contributed by atoms with Gasteiger partial charge in [0.1, 0.15) is 11.4 Å². The van der Waals surface area contributed by atoms with Crippen LogP contribution in [0.4, 0.5) is 0 Å². The topological polar surface area (TPSA) is 74.0 Å². The molecule has 0 aliphatic carbocycles. The number of halogens is 1. The maximum atomic E-state index is 12.6. The van der Waals surface area contributed by atoms with E-state index < -0.39 is 0 Å². The Morgan fingerprint density at radius 1 is 1.06 bits per heavy atom. The predicted octanol–water partition coefficient (Wildman–Crippen LogP) is 4.31. The van der Waals surface area contributed by atoms with E-state index in [-0.39, 0.29) is 12.6 Å². The summed E-state index contributed by atoms with van der Waals surface area (Å²) in [5, 5.41) is 12.4. The average Bonchev–Trinajstić information content (AvgIpc) is 3.36. The summed E-state index contributed by atoms with van der Waals surface area (Å²) in [5.41, 5.74) is 4.16. The van der Waals surface area contributed by atoms with Gasteiger partial charge in [0.25, 0.3) is 5.91 Å². The van der Waals surface area contributed by atoms with E-state index in [1.165, 1.54) is 0 Å². The van der Waals surface area contributed by atoms with Crippen LogP contribution < -0.4 is 10.1 Å². The standard InChI is InChI=1S/C23H22ClN5O2/c1-16-21(17(2)29(26-16)19-8-4-3-5-9-19)14-25-23(30)22-11-12-28(27-22)15-31-20-10-6-7-18(24)13-20/h3-13H,14-15H2,1-2H3,(H,25,30). The van der Waals surface area contributed by atoms with E-state index in [9.17, 15) is 4.79 Å². The molecule has 0 aliphatic rings. The van der Waals surface area contributed by atoms with E-state index in [2.05, 4.69) is 15.5 Å². The molecule has 4 aromatic rings. The molecule has 0 radical (unpaired) electrons. The van der Waals surface area contributed by atoms with E-state index in [0.29, 0.717) is 23.0 Å². The van der Waals surface area contributed by atoms with Crippen molar-refractivity contribution in [2.24, 2.45) is 0 Å². The maximum Gasteiger partial charge on any atom is 0.272 e. The van der Waals surface area contributed by atoms with Crippen LogP contribution in [-0.2, 0) is 13.3 Å². The quantitative estimate of drug-likeness (QED) is 0.469. The Hall–Kier alpha value is -3.58. The molecule has 2 aromatic heterocycles. The maximum absolute atomic E-state index is 12.6. The third kappa shape index (κ3) is 4.78. The van der Waals surface area contributed by atoms with Gasteiger partial charge in [0.05, 0.1) is 11.4 Å². The molecule has 0 unspecified atom stereocenters. The number of aromatic nitrogens is 4. The fourth-order valence-corrected chi connectivity index (χ4v) is 3.44. The van der Waals surface area contributed by atoms with Crippen LogP contribution in [0.15, 0.2) is 66.9 Å². The molecule has 158 valence electrons. The normalized spacial score (nSPS) is 10.8. The summed E-state index contributed by atoms with van der Waals surface area (Å²) in [7, 11) is 0. The average molecular weight is 436 g/mol. The number of carbonyl (C=O) groups excluding carboxylic acids is 1. The SMILES string of the molecule is Cc1nn(-c2ccccc2)c(C)c1CNC(=O)c1ccn(COc2cccc(Cl)c2)n1. The van der Waals surface area contributed by atoms with Crippen molar-refractivity contribution in [3.05, 3.63) is 94.5 Å². The summed E-state index contributed by atoms with van der Waals surface area (Å²) in [6.45, 7) is 4.48. The number of aryl methyl sites for hydroxylation is 1. The Kier molecular flexibility index (Phi) is 6.04. The second-order valence-electron chi connectivity index (χ2n) is 7.05. The van der Waals surface area contributed by atoms with Crippen LogP contribution in [0.3, 0.4) is 0 Å². The molecule has 31 heavy (non-hydrogen) atoms. The molecule has 2 heterocycles. The first-order chi connectivity index (χ1) is 15.0. The monoisotopic (exact) mass is 435 g/mol. The lowest BCUT2D eigenvalue weighted by molar-refractivity contribution is 0.0944. The highest BCUT2D eigenvalue weighted by molar-refractivity contribution is 6.30. The molecular formula is C23H22ClN5O2. The summed E-state index contributed by atoms with van der Waals surface area (Å²) < 4.78 is 9.09. The number of carbonyl (C=O) groups is 1. The van der Waals surface area contributed by atoms with Crippen LogP contribution in [0.5, 0.6) is 5.75 Å². The molecule has 0 bridgehead atoms. The van der Waals surface area contributed by atoms with Crippen LogP contribution in [0, 0.1) is 13.8 Å². The van der Waals surface area contributed by atoms with Gasteiger partial charge in [-0.05, 0) is 50.2 Å². The second-order valence-corrected chi connectivity index (χ2v) is 7.49. The van der Waals surface area contributed by atoms with E-state index in [1.807, 2.05) is 61.0 Å². The Morgan fingerprint density at radius 3 is 2.65 bits per heavy atom. The minimum Gasteiger partial charge on any atom is -0.471 e. The van der Waals surface area contributed by atoms with Gasteiger partial charge in [-0.1, -0.05) is 35.9 Å². The zero-order valence-electron chi connectivity index (χ0n) is 17.2. The minimum atomic E-state index is -0.257. The van der Waals surface area contributed by atoms with Gasteiger partial charge in [-0.3, -0.25) is 4.79 Å². The second kappa shape index (κ2) is 9.06. The van der Waals surface area contributed by atoms with Gasteiger partial charge in [-0.15, -0.1) is 0 Å². The van der Waals surface area contributed by atoms with E-state index in [0.717, 1.165) is 22.6 Å². The molecule has 0 fully saturated rings. The van der Waals surface area contributed by atoms with Crippen LogP contribution in [0.1, 0.15) is 27.4 Å². The summed E-state index contributed by atoms with van der Waals surface area (Å²) in [6.07, 6.45) is 1.70. The number of hydrogen-bond acceptors (Lipinski definition) is 4. The van der Waals surface area contributed by atoms with Crippen LogP contribution in [-0.4, -0.2) is 25.5 Å². The first-order valence-corrected chi connectivity index (χ1v) is 10.2. The number of ether oxygens (including phenoxy) is 1. The Balaban J connectivity index is 1.38. The van der Waals surface area contributed by atoms with Gasteiger partial charge in [-0.25, -0.2) is 9.36 Å². The largest absolute Gasteiger partial charge is 0.471 e. The molecule has 1 N–H and O–H groups in total. The number of para-hydroxylation sites is 1. The van der Waals surface area contributed by atoms with Crippen molar-refractivity contribution in [1.29, 1.82) is 0 Å². The number of nitrogens with zero attached hydrogens (tertiary/aromatic N) is 4. The lowest BCUT2D eigenvalue weighted by Gasteiger charge is -2.07. The molecule has 0 spiro atoms. The number of nitrogens with one attached hydrogen (secondary N) is 1. The highest BCUT2D eigenvalue weighted by atomic mass is 35.5. The lowest BCUT2D eigenvalue weighted by Crippen LogP contribution is -2.24. The van der Waals surface area contributed by atoms with Crippen molar-refractivity contribution in [2.45, 2.75) is 27.1 Å². The first-order valence-electron chi connectivity index (χ1n) is 9.82. The zero-order valence-corrected chi connectivity index (χ0v) is 18.0. The first kappa shape index (κ1) is 20.7. The number of benzene rings is 2. The third-order valence-corrected chi connectivity index (χ3v) is 5.14. The summed E-state index contributed by atoms with van der Waals surface area (Å²) >= 11 is 5.95. The predicted molar refractivity (Wildman–Crippen MR) is 119 cm³/mol. The zero-order chi connectivity index (χ0) is 21.8. The van der Waals surface area contributed by atoms with E-state index in [4.69, 9.17) is 16.3 Å². The molecule has 0 atom stereocenters. The third-order valence-electron chi connectivity index (χ3n) is 4.90. The van der Waals surface area contributed by atoms with Crippen LogP contribution >= 0.6 is 11.6 Å². The summed E-state index contributed by atoms with van der Waals surface area (Å²) in [5.74, 6) is 0.378. The fourth-order valence-electron chi connectivity index (χ4n) is 3.26. The van der Waals surface area contributed by atoms with Crippen molar-refractivity contribution < 1.29 is 9.53 Å². The van der Waals surface area contributed by atoms with Crippen LogP contribution in [0.25, 0.3) is 5.69 Å². The number of amides is 1. The molecule has 4 rings (SSSR count). The Labute approximate surface area is 185 Å². The molecule has 1 amide bonds. The van der Waals surface area contributed by atoms with Gasteiger partial charge in [0.15, 0.2) is 6.73 Å². The van der Waals surface area contributed by atoms with E-state index >= 15 is 0 Å². The van der Waals surface area contributed by atoms with Gasteiger partial charge in [-0.2, -0.15) is 10.2 Å². The van der Waals surface area contributed by atoms with Crippen molar-refractivity contribution in [1.82, 2.24) is 24.9 Å². The minimum absolute atomic E-state index is 0.176. The fraction of sp³-hybridized carbons (Fsp3) is 0.174. The number of rotatable bonds is 7. The molecule has 7 nitrogen and oxygen atoms in total. The van der Waals surface area contributed by atoms with E-state index in [1.54, 1.807) is 29.1 Å². The van der Waals surface area contributed by atoms with Crippen molar-refractivity contribution in [3.63, 3.8) is 0 Å². The Bertz CT molecular complexity index is 1200. The van der Waals surface area contributed by atoms with Crippen molar-refractivity contribution in [2.75, 3.05) is 0 Å². The highest BCUT2D eigenvalue weighted by Gasteiger charge is 2.15.